The van der Waals surface area contributed by atoms with Crippen LogP contribution in [0.5, 0.6) is 0 Å². The highest BCUT2D eigenvalue weighted by atomic mass is 32.2. The van der Waals surface area contributed by atoms with Crippen molar-refractivity contribution in [2.75, 3.05) is 5.32 Å². The van der Waals surface area contributed by atoms with E-state index < -0.39 is 0 Å². The lowest BCUT2D eigenvalue weighted by Gasteiger charge is -2.21. The Morgan fingerprint density at radius 1 is 1.00 bits per heavy atom. The van der Waals surface area contributed by atoms with Gasteiger partial charge in [-0.1, -0.05) is 36.5 Å². The molecule has 4 heteroatoms. The minimum absolute atomic E-state index is 0.983. The van der Waals surface area contributed by atoms with E-state index in [4.69, 9.17) is 0 Å². The molecule has 2 aromatic carbocycles. The number of benzene rings is 2. The number of pyridine rings is 1. The van der Waals surface area contributed by atoms with Crippen LogP contribution in [-0.2, 0) is 7.05 Å². The normalized spacial score (nSPS) is 12.3. The maximum atomic E-state index is 4.59. The van der Waals surface area contributed by atoms with Crippen LogP contribution < -0.4 is 5.32 Å². The van der Waals surface area contributed by atoms with E-state index in [2.05, 4.69) is 71.5 Å². The number of para-hydroxylation sites is 1. The first kappa shape index (κ1) is 15.3. The first-order valence-electron chi connectivity index (χ1n) is 8.48. The second-order valence-corrected chi connectivity index (χ2v) is 7.56. The van der Waals surface area contributed by atoms with Crippen molar-refractivity contribution in [3.63, 3.8) is 0 Å². The van der Waals surface area contributed by atoms with Gasteiger partial charge < -0.3 is 9.88 Å². The van der Waals surface area contributed by atoms with Crippen molar-refractivity contribution in [3.05, 3.63) is 84.7 Å². The summed E-state index contributed by atoms with van der Waals surface area (Å²) in [5, 5.41) is 4.67. The number of nitrogens with one attached hydrogen (secondary N) is 1. The van der Waals surface area contributed by atoms with E-state index >= 15 is 0 Å². The number of fused-ring (bicyclic) bond motifs is 3. The predicted octanol–water partition coefficient (Wildman–Crippen LogP) is 5.84. The lowest BCUT2D eigenvalue weighted by Crippen LogP contribution is -2.00. The van der Waals surface area contributed by atoms with Crippen LogP contribution in [0.2, 0.25) is 0 Å². The van der Waals surface area contributed by atoms with Gasteiger partial charge in [0.1, 0.15) is 5.65 Å². The standard InChI is InChI=1S/C22H17N3S/c1-14(17-11-16-9-10-25(2)22(16)23-13-17)15-7-8-21-19(12-15)24-18-5-3-4-6-20(18)26-21/h3-13,24H,1H2,2H3. The number of anilines is 2. The summed E-state index contributed by atoms with van der Waals surface area (Å²) in [6.45, 7) is 4.32. The molecule has 0 radical (unpaired) electrons. The van der Waals surface area contributed by atoms with E-state index in [1.165, 1.54) is 9.79 Å². The smallest absolute Gasteiger partial charge is 0.139 e. The van der Waals surface area contributed by atoms with Gasteiger partial charge in [-0.2, -0.15) is 0 Å². The van der Waals surface area contributed by atoms with Crippen molar-refractivity contribution >= 4 is 39.7 Å². The van der Waals surface area contributed by atoms with Crippen LogP contribution >= 0.6 is 11.8 Å². The van der Waals surface area contributed by atoms with Crippen LogP contribution in [0.3, 0.4) is 0 Å². The molecule has 0 saturated carbocycles. The highest BCUT2D eigenvalue weighted by molar-refractivity contribution is 7.99. The summed E-state index contributed by atoms with van der Waals surface area (Å²) in [4.78, 5) is 7.08. The van der Waals surface area contributed by atoms with E-state index in [9.17, 15) is 0 Å². The summed E-state index contributed by atoms with van der Waals surface area (Å²) in [6.07, 6.45) is 3.93. The van der Waals surface area contributed by atoms with Crippen LogP contribution in [-0.4, -0.2) is 9.55 Å². The Balaban J connectivity index is 1.51. The molecule has 0 bridgehead atoms. The maximum Gasteiger partial charge on any atom is 0.139 e. The van der Waals surface area contributed by atoms with E-state index in [1.54, 1.807) is 11.8 Å². The fraction of sp³-hybridized carbons (Fsp3) is 0.0455. The van der Waals surface area contributed by atoms with E-state index in [1.807, 2.05) is 24.0 Å². The summed E-state index contributed by atoms with van der Waals surface area (Å²) in [5.74, 6) is 0. The monoisotopic (exact) mass is 355 g/mol. The van der Waals surface area contributed by atoms with Gasteiger partial charge in [0, 0.05) is 40.2 Å². The largest absolute Gasteiger partial charge is 0.354 e. The molecule has 0 unspecified atom stereocenters. The molecular weight excluding hydrogens is 338 g/mol. The summed E-state index contributed by atoms with van der Waals surface area (Å²) >= 11 is 1.80. The molecule has 2 aromatic heterocycles. The molecule has 4 aromatic rings. The summed E-state index contributed by atoms with van der Waals surface area (Å²) < 4.78 is 2.03. The molecule has 0 saturated heterocycles. The number of rotatable bonds is 2. The van der Waals surface area contributed by atoms with E-state index in [0.717, 1.165) is 39.1 Å². The third-order valence-corrected chi connectivity index (χ3v) is 5.91. The van der Waals surface area contributed by atoms with Crippen LogP contribution in [0, 0.1) is 0 Å². The number of aromatic nitrogens is 2. The summed E-state index contributed by atoms with van der Waals surface area (Å²) in [6, 6.07) is 19.1. The van der Waals surface area contributed by atoms with Gasteiger partial charge in [-0.15, -0.1) is 0 Å². The topological polar surface area (TPSA) is 29.9 Å². The third-order valence-electron chi connectivity index (χ3n) is 4.76. The van der Waals surface area contributed by atoms with Crippen LogP contribution in [0.1, 0.15) is 11.1 Å². The second kappa shape index (κ2) is 5.78. The zero-order valence-corrected chi connectivity index (χ0v) is 15.2. The first-order chi connectivity index (χ1) is 12.7. The Morgan fingerprint density at radius 2 is 1.85 bits per heavy atom. The van der Waals surface area contributed by atoms with E-state index in [-0.39, 0.29) is 0 Å². The Hall–Kier alpha value is -2.98. The predicted molar refractivity (Wildman–Crippen MR) is 109 cm³/mol. The van der Waals surface area contributed by atoms with Crippen molar-refractivity contribution in [2.24, 2.45) is 7.05 Å². The first-order valence-corrected chi connectivity index (χ1v) is 9.29. The quantitative estimate of drug-likeness (QED) is 0.431. The maximum absolute atomic E-state index is 4.59. The van der Waals surface area contributed by atoms with Gasteiger partial charge in [0.15, 0.2) is 0 Å². The average Bonchev–Trinajstić information content (AvgIpc) is 3.05. The highest BCUT2D eigenvalue weighted by Gasteiger charge is 2.16. The van der Waals surface area contributed by atoms with Gasteiger partial charge in [-0.3, -0.25) is 0 Å². The molecule has 0 amide bonds. The SMILES string of the molecule is C=C(c1ccc2c(c1)Nc1ccccc1S2)c1cnc2c(ccn2C)c1. The fourth-order valence-corrected chi connectivity index (χ4v) is 4.28. The highest BCUT2D eigenvalue weighted by Crippen LogP contribution is 2.44. The minimum Gasteiger partial charge on any atom is -0.354 e. The molecule has 0 aliphatic carbocycles. The van der Waals surface area contributed by atoms with Gasteiger partial charge in [0.25, 0.3) is 0 Å². The van der Waals surface area contributed by atoms with Crippen molar-refractivity contribution in [3.8, 4) is 0 Å². The van der Waals surface area contributed by atoms with Crippen LogP contribution in [0.25, 0.3) is 16.6 Å². The number of hydrogen-bond acceptors (Lipinski definition) is 3. The lowest BCUT2D eigenvalue weighted by molar-refractivity contribution is 0.948. The van der Waals surface area contributed by atoms with E-state index in [0.29, 0.717) is 0 Å². The van der Waals surface area contributed by atoms with Crippen LogP contribution in [0.4, 0.5) is 11.4 Å². The number of hydrogen-bond donors (Lipinski definition) is 1. The van der Waals surface area contributed by atoms with Crippen molar-refractivity contribution in [2.45, 2.75) is 9.79 Å². The van der Waals surface area contributed by atoms with Gasteiger partial charge in [0.2, 0.25) is 0 Å². The van der Waals surface area contributed by atoms with Crippen molar-refractivity contribution in [1.29, 1.82) is 0 Å². The van der Waals surface area contributed by atoms with Crippen molar-refractivity contribution < 1.29 is 0 Å². The van der Waals surface area contributed by atoms with Gasteiger partial charge >= 0.3 is 0 Å². The molecular formula is C22H17N3S. The fourth-order valence-electron chi connectivity index (χ4n) is 3.31. The molecule has 1 N–H and O–H groups in total. The Kier molecular flexibility index (Phi) is 3.40. The Labute approximate surface area is 156 Å². The molecule has 126 valence electrons. The molecule has 5 rings (SSSR count). The third kappa shape index (κ3) is 2.42. The minimum atomic E-state index is 0.983. The number of nitrogens with zero attached hydrogens (tertiary/aromatic N) is 2. The zero-order valence-electron chi connectivity index (χ0n) is 14.4. The Morgan fingerprint density at radius 3 is 2.77 bits per heavy atom. The molecule has 1 aliphatic heterocycles. The van der Waals surface area contributed by atoms with Gasteiger partial charge in [0.05, 0.1) is 11.4 Å². The average molecular weight is 355 g/mol. The second-order valence-electron chi connectivity index (χ2n) is 6.48. The Bertz CT molecular complexity index is 1170. The lowest BCUT2D eigenvalue weighted by atomic mass is 10.00. The zero-order chi connectivity index (χ0) is 17.7. The molecule has 0 spiro atoms. The van der Waals surface area contributed by atoms with Crippen molar-refractivity contribution in [1.82, 2.24) is 9.55 Å². The molecule has 3 heterocycles. The van der Waals surface area contributed by atoms with Gasteiger partial charge in [-0.05, 0) is 47.5 Å². The van der Waals surface area contributed by atoms with Crippen LogP contribution in [0.15, 0.2) is 83.4 Å². The molecule has 3 nitrogen and oxygen atoms in total. The molecule has 0 fully saturated rings. The molecule has 0 atom stereocenters. The van der Waals surface area contributed by atoms with Gasteiger partial charge in [-0.25, -0.2) is 4.98 Å². The summed E-state index contributed by atoms with van der Waals surface area (Å²) in [5.41, 5.74) is 6.40. The molecule has 1 aliphatic rings. The summed E-state index contributed by atoms with van der Waals surface area (Å²) in [7, 11) is 2.01. The number of aryl methyl sites for hydroxylation is 1. The molecule has 26 heavy (non-hydrogen) atoms.